The van der Waals surface area contributed by atoms with Gasteiger partial charge in [0, 0.05) is 13.0 Å². The second kappa shape index (κ2) is 18.5. The predicted octanol–water partition coefficient (Wildman–Crippen LogP) is 7.65. The Morgan fingerprint density at radius 3 is 1.88 bits per heavy atom. The summed E-state index contributed by atoms with van der Waals surface area (Å²) in [5.41, 5.74) is 2.58. The fourth-order valence-electron chi connectivity index (χ4n) is 4.36. The van der Waals surface area contributed by atoms with Crippen molar-refractivity contribution in [3.63, 3.8) is 0 Å². The maximum Gasteiger partial charge on any atom is 0.305 e. The molecule has 0 unspecified atom stereocenters. The third kappa shape index (κ3) is 11.9. The molecule has 6 nitrogen and oxygen atoms in total. The summed E-state index contributed by atoms with van der Waals surface area (Å²) in [4.78, 5) is 24.5. The standard InChI is InChI=1S/C34H43NO5/c1-2-38-33(36)21-15-7-5-3-4-6-8-16-24-35-34(37)31-25-30(39-26-28-17-11-9-12-18-28)22-23-32(31)40-27-29-19-13-10-14-20-29/h9-14,17-20,22-23,25H,2-8,15-16,21,24,26-27H2,1H3,(H,35,37). The zero-order valence-electron chi connectivity index (χ0n) is 23.7. The molecule has 3 aromatic rings. The van der Waals surface area contributed by atoms with Crippen molar-refractivity contribution < 1.29 is 23.8 Å². The van der Waals surface area contributed by atoms with E-state index in [2.05, 4.69) is 5.32 Å². The van der Waals surface area contributed by atoms with Gasteiger partial charge in [0.05, 0.1) is 12.2 Å². The molecule has 0 aromatic heterocycles. The maximum atomic E-state index is 13.1. The highest BCUT2D eigenvalue weighted by molar-refractivity contribution is 5.97. The molecule has 0 aliphatic heterocycles. The molecule has 0 bridgehead atoms. The van der Waals surface area contributed by atoms with Crippen molar-refractivity contribution in [1.29, 1.82) is 0 Å². The number of benzene rings is 3. The molecule has 0 atom stereocenters. The van der Waals surface area contributed by atoms with Crippen LogP contribution in [0.1, 0.15) is 86.2 Å². The Hall–Kier alpha value is -3.80. The van der Waals surface area contributed by atoms with E-state index in [1.54, 1.807) is 6.07 Å². The lowest BCUT2D eigenvalue weighted by Gasteiger charge is -2.14. The van der Waals surface area contributed by atoms with Crippen LogP contribution in [-0.4, -0.2) is 25.0 Å². The Balaban J connectivity index is 1.42. The van der Waals surface area contributed by atoms with Crippen molar-refractivity contribution in [3.8, 4) is 11.5 Å². The van der Waals surface area contributed by atoms with Crippen molar-refractivity contribution in [2.24, 2.45) is 0 Å². The number of amides is 1. The summed E-state index contributed by atoms with van der Waals surface area (Å²) in [6.45, 7) is 3.72. The van der Waals surface area contributed by atoms with Gasteiger partial charge in [-0.1, -0.05) is 99.2 Å². The second-order valence-electron chi connectivity index (χ2n) is 9.85. The van der Waals surface area contributed by atoms with E-state index in [0.29, 0.717) is 49.8 Å². The van der Waals surface area contributed by atoms with Gasteiger partial charge in [-0.2, -0.15) is 0 Å². The SMILES string of the molecule is CCOC(=O)CCCCCCCCCCNC(=O)c1cc(OCc2ccccc2)ccc1OCc1ccccc1. The number of esters is 1. The van der Waals surface area contributed by atoms with E-state index in [4.69, 9.17) is 14.2 Å². The first-order valence-electron chi connectivity index (χ1n) is 14.6. The molecule has 3 rings (SSSR count). The van der Waals surface area contributed by atoms with Gasteiger partial charge >= 0.3 is 5.97 Å². The van der Waals surface area contributed by atoms with E-state index in [9.17, 15) is 9.59 Å². The quantitative estimate of drug-likeness (QED) is 0.124. The zero-order valence-corrected chi connectivity index (χ0v) is 23.7. The van der Waals surface area contributed by atoms with Crippen molar-refractivity contribution in [3.05, 3.63) is 95.6 Å². The van der Waals surface area contributed by atoms with Gasteiger partial charge in [-0.3, -0.25) is 9.59 Å². The highest BCUT2D eigenvalue weighted by Crippen LogP contribution is 2.26. The number of carbonyl (C=O) groups excluding carboxylic acids is 2. The van der Waals surface area contributed by atoms with Crippen LogP contribution < -0.4 is 14.8 Å². The van der Waals surface area contributed by atoms with Gasteiger partial charge < -0.3 is 19.5 Å². The topological polar surface area (TPSA) is 73.9 Å². The van der Waals surface area contributed by atoms with E-state index in [1.165, 1.54) is 12.8 Å². The Kier molecular flexibility index (Phi) is 14.2. The molecular formula is C34H43NO5. The van der Waals surface area contributed by atoms with Crippen LogP contribution >= 0.6 is 0 Å². The van der Waals surface area contributed by atoms with Crippen LogP contribution in [0.25, 0.3) is 0 Å². The molecule has 6 heteroatoms. The van der Waals surface area contributed by atoms with Gasteiger partial charge in [0.2, 0.25) is 0 Å². The largest absolute Gasteiger partial charge is 0.489 e. The molecule has 3 aromatic carbocycles. The van der Waals surface area contributed by atoms with E-state index in [-0.39, 0.29) is 11.9 Å². The van der Waals surface area contributed by atoms with E-state index >= 15 is 0 Å². The summed E-state index contributed by atoms with van der Waals surface area (Å²) >= 11 is 0. The summed E-state index contributed by atoms with van der Waals surface area (Å²) in [6, 6.07) is 25.3. The lowest BCUT2D eigenvalue weighted by atomic mass is 10.1. The van der Waals surface area contributed by atoms with Crippen LogP contribution in [-0.2, 0) is 22.7 Å². The van der Waals surface area contributed by atoms with Gasteiger partial charge in [0.25, 0.3) is 5.91 Å². The van der Waals surface area contributed by atoms with E-state index in [1.807, 2.05) is 79.7 Å². The smallest absolute Gasteiger partial charge is 0.305 e. The molecular weight excluding hydrogens is 502 g/mol. The van der Waals surface area contributed by atoms with Crippen molar-refractivity contribution >= 4 is 11.9 Å². The summed E-state index contributed by atoms with van der Waals surface area (Å²) in [7, 11) is 0. The third-order valence-electron chi connectivity index (χ3n) is 6.58. The summed E-state index contributed by atoms with van der Waals surface area (Å²) in [5.74, 6) is 0.917. The molecule has 0 heterocycles. The molecule has 40 heavy (non-hydrogen) atoms. The second-order valence-corrected chi connectivity index (χ2v) is 9.85. The van der Waals surface area contributed by atoms with Gasteiger partial charge in [-0.05, 0) is 49.1 Å². The first kappa shape index (κ1) is 30.7. The van der Waals surface area contributed by atoms with Crippen molar-refractivity contribution in [1.82, 2.24) is 5.32 Å². The fraction of sp³-hybridized carbons (Fsp3) is 0.412. The lowest BCUT2D eigenvalue weighted by Crippen LogP contribution is -2.25. The van der Waals surface area contributed by atoms with Crippen molar-refractivity contribution in [2.75, 3.05) is 13.2 Å². The molecule has 214 valence electrons. The molecule has 1 N–H and O–H groups in total. The minimum Gasteiger partial charge on any atom is -0.489 e. The van der Waals surface area contributed by atoms with Gasteiger partial charge in [-0.15, -0.1) is 0 Å². The van der Waals surface area contributed by atoms with Crippen LogP contribution in [0, 0.1) is 0 Å². The molecule has 0 radical (unpaired) electrons. The van der Waals surface area contributed by atoms with Crippen LogP contribution in [0.4, 0.5) is 0 Å². The van der Waals surface area contributed by atoms with Crippen LogP contribution in [0.2, 0.25) is 0 Å². The zero-order chi connectivity index (χ0) is 28.3. The number of carbonyl (C=O) groups is 2. The molecule has 0 fully saturated rings. The predicted molar refractivity (Wildman–Crippen MR) is 159 cm³/mol. The number of hydrogen-bond acceptors (Lipinski definition) is 5. The average Bonchev–Trinajstić information content (AvgIpc) is 2.99. The van der Waals surface area contributed by atoms with Gasteiger partial charge in [0.15, 0.2) is 0 Å². The number of nitrogens with one attached hydrogen (secondary N) is 1. The van der Waals surface area contributed by atoms with E-state index in [0.717, 1.165) is 49.7 Å². The highest BCUT2D eigenvalue weighted by atomic mass is 16.5. The highest BCUT2D eigenvalue weighted by Gasteiger charge is 2.15. The molecule has 0 spiro atoms. The molecule has 0 aliphatic rings. The van der Waals surface area contributed by atoms with Crippen LogP contribution in [0.15, 0.2) is 78.9 Å². The molecule has 1 amide bonds. The van der Waals surface area contributed by atoms with Gasteiger partial charge in [0.1, 0.15) is 24.7 Å². The Morgan fingerprint density at radius 2 is 1.25 bits per heavy atom. The monoisotopic (exact) mass is 545 g/mol. The molecule has 0 aliphatic carbocycles. The number of rotatable bonds is 19. The molecule has 0 saturated carbocycles. The van der Waals surface area contributed by atoms with E-state index < -0.39 is 0 Å². The fourth-order valence-corrected chi connectivity index (χ4v) is 4.36. The normalized spacial score (nSPS) is 10.6. The lowest BCUT2D eigenvalue weighted by molar-refractivity contribution is -0.143. The number of ether oxygens (including phenoxy) is 3. The third-order valence-corrected chi connectivity index (χ3v) is 6.58. The van der Waals surface area contributed by atoms with Crippen LogP contribution in [0.5, 0.6) is 11.5 Å². The first-order chi connectivity index (χ1) is 19.7. The number of hydrogen-bond donors (Lipinski definition) is 1. The minimum atomic E-state index is -0.158. The minimum absolute atomic E-state index is 0.0918. The maximum absolute atomic E-state index is 13.1. The Labute approximate surface area is 239 Å². The number of unbranched alkanes of at least 4 members (excludes halogenated alkanes) is 7. The van der Waals surface area contributed by atoms with Crippen molar-refractivity contribution in [2.45, 2.75) is 77.9 Å². The molecule has 0 saturated heterocycles. The van der Waals surface area contributed by atoms with Crippen LogP contribution in [0.3, 0.4) is 0 Å². The summed E-state index contributed by atoms with van der Waals surface area (Å²) in [5, 5.41) is 3.06. The average molecular weight is 546 g/mol. The Morgan fingerprint density at radius 1 is 0.675 bits per heavy atom. The summed E-state index contributed by atoms with van der Waals surface area (Å²) in [6.07, 6.45) is 9.12. The van der Waals surface area contributed by atoms with Gasteiger partial charge in [-0.25, -0.2) is 0 Å². The first-order valence-corrected chi connectivity index (χ1v) is 14.6. The summed E-state index contributed by atoms with van der Waals surface area (Å²) < 4.78 is 17.0. The Bertz CT molecular complexity index is 1130.